The van der Waals surface area contributed by atoms with Crippen molar-refractivity contribution in [3.05, 3.63) is 0 Å². The summed E-state index contributed by atoms with van der Waals surface area (Å²) in [6.45, 7) is 11.9. The van der Waals surface area contributed by atoms with Gasteiger partial charge in [-0.15, -0.1) is 0 Å². The molecule has 0 unspecified atom stereocenters. The zero-order chi connectivity index (χ0) is 14.0. The van der Waals surface area contributed by atoms with Crippen molar-refractivity contribution in [2.24, 2.45) is 17.8 Å². The van der Waals surface area contributed by atoms with E-state index in [1.165, 1.54) is 32.5 Å². The Kier molecular flexibility index (Phi) is 4.85. The highest BCUT2D eigenvalue weighted by molar-refractivity contribution is 5.71. The van der Waals surface area contributed by atoms with Crippen LogP contribution in [-0.2, 0) is 4.79 Å². The van der Waals surface area contributed by atoms with Crippen LogP contribution in [0.25, 0.3) is 0 Å². The minimum atomic E-state index is -0.618. The van der Waals surface area contributed by atoms with E-state index >= 15 is 0 Å². The highest BCUT2D eigenvalue weighted by atomic mass is 16.4. The van der Waals surface area contributed by atoms with Gasteiger partial charge in [-0.05, 0) is 37.8 Å². The average molecular weight is 268 g/mol. The van der Waals surface area contributed by atoms with E-state index in [1.807, 2.05) is 0 Å². The van der Waals surface area contributed by atoms with Crippen LogP contribution in [0.2, 0.25) is 0 Å². The van der Waals surface area contributed by atoms with Crippen molar-refractivity contribution in [2.45, 2.75) is 39.7 Å². The van der Waals surface area contributed by atoms with E-state index in [2.05, 4.69) is 30.6 Å². The van der Waals surface area contributed by atoms with Crippen LogP contribution >= 0.6 is 0 Å². The Morgan fingerprint density at radius 2 is 1.89 bits per heavy atom. The summed E-state index contributed by atoms with van der Waals surface area (Å²) in [5, 5.41) is 9.21. The Labute approximate surface area is 116 Å². The van der Waals surface area contributed by atoms with E-state index in [0.717, 1.165) is 19.0 Å². The predicted molar refractivity (Wildman–Crippen MR) is 76.2 cm³/mol. The Bertz CT molecular complexity index is 311. The van der Waals surface area contributed by atoms with Crippen molar-refractivity contribution in [3.8, 4) is 0 Å². The maximum Gasteiger partial charge on any atom is 0.308 e. The normalized spacial score (nSPS) is 31.2. The lowest BCUT2D eigenvalue weighted by atomic mass is 9.99. The molecule has 0 saturated carbocycles. The Morgan fingerprint density at radius 3 is 2.37 bits per heavy atom. The van der Waals surface area contributed by atoms with Crippen molar-refractivity contribution in [3.63, 3.8) is 0 Å². The fraction of sp³-hybridized carbons (Fsp3) is 0.933. The fourth-order valence-electron chi connectivity index (χ4n) is 3.61. The van der Waals surface area contributed by atoms with Crippen LogP contribution in [0.5, 0.6) is 0 Å². The number of piperidine rings is 1. The van der Waals surface area contributed by atoms with Gasteiger partial charge in [-0.1, -0.05) is 20.8 Å². The Hall–Kier alpha value is -0.610. The molecule has 2 aliphatic rings. The first kappa shape index (κ1) is 14.8. The quantitative estimate of drug-likeness (QED) is 0.844. The molecule has 0 spiro atoms. The molecule has 2 rings (SSSR count). The van der Waals surface area contributed by atoms with Crippen LogP contribution < -0.4 is 0 Å². The number of aliphatic carboxylic acids is 1. The number of rotatable bonds is 4. The van der Waals surface area contributed by atoms with E-state index in [9.17, 15) is 9.90 Å². The van der Waals surface area contributed by atoms with Crippen molar-refractivity contribution in [2.75, 3.05) is 32.7 Å². The second-order valence-electron chi connectivity index (χ2n) is 6.80. The van der Waals surface area contributed by atoms with Gasteiger partial charge in [0.2, 0.25) is 0 Å². The molecule has 2 aliphatic heterocycles. The molecular weight excluding hydrogens is 240 g/mol. The minimum absolute atomic E-state index is 0.159. The summed E-state index contributed by atoms with van der Waals surface area (Å²) >= 11 is 0. The van der Waals surface area contributed by atoms with Gasteiger partial charge in [0.25, 0.3) is 0 Å². The molecule has 4 heteroatoms. The molecule has 0 aromatic rings. The second-order valence-corrected chi connectivity index (χ2v) is 6.80. The first-order chi connectivity index (χ1) is 8.97. The number of carboxylic acids is 1. The summed E-state index contributed by atoms with van der Waals surface area (Å²) in [6.07, 6.45) is 2.40. The van der Waals surface area contributed by atoms with Gasteiger partial charge < -0.3 is 10.0 Å². The molecule has 0 aromatic heterocycles. The van der Waals surface area contributed by atoms with Crippen LogP contribution in [0.1, 0.15) is 33.6 Å². The van der Waals surface area contributed by atoms with Crippen molar-refractivity contribution in [1.82, 2.24) is 9.80 Å². The van der Waals surface area contributed by atoms with Crippen molar-refractivity contribution in [1.29, 1.82) is 0 Å². The highest BCUT2D eigenvalue weighted by Gasteiger charge is 2.38. The highest BCUT2D eigenvalue weighted by Crippen LogP contribution is 2.28. The van der Waals surface area contributed by atoms with Gasteiger partial charge in [-0.25, -0.2) is 0 Å². The van der Waals surface area contributed by atoms with Crippen LogP contribution in [0.3, 0.4) is 0 Å². The summed E-state index contributed by atoms with van der Waals surface area (Å²) in [6, 6.07) is 0.607. The van der Waals surface area contributed by atoms with E-state index in [0.29, 0.717) is 12.0 Å². The zero-order valence-electron chi connectivity index (χ0n) is 12.5. The third kappa shape index (κ3) is 3.69. The second kappa shape index (κ2) is 6.23. The van der Waals surface area contributed by atoms with Gasteiger partial charge in [-0.3, -0.25) is 9.69 Å². The molecule has 19 heavy (non-hydrogen) atoms. The molecule has 0 aliphatic carbocycles. The van der Waals surface area contributed by atoms with Crippen molar-refractivity contribution >= 4 is 5.97 Å². The smallest absolute Gasteiger partial charge is 0.308 e. The molecular formula is C15H28N2O2. The average Bonchev–Trinajstić information content (AvgIpc) is 2.71. The lowest BCUT2D eigenvalue weighted by Gasteiger charge is -2.37. The van der Waals surface area contributed by atoms with Gasteiger partial charge in [-0.2, -0.15) is 0 Å². The van der Waals surface area contributed by atoms with Crippen LogP contribution in [0.4, 0.5) is 0 Å². The van der Waals surface area contributed by atoms with Gasteiger partial charge in [0, 0.05) is 25.7 Å². The third-order valence-corrected chi connectivity index (χ3v) is 4.65. The number of hydrogen-bond acceptors (Lipinski definition) is 3. The lowest BCUT2D eigenvalue weighted by Crippen LogP contribution is -2.45. The summed E-state index contributed by atoms with van der Waals surface area (Å²) in [5.41, 5.74) is 0. The predicted octanol–water partition coefficient (Wildman–Crippen LogP) is 1.76. The number of hydrogen-bond donors (Lipinski definition) is 1. The Balaban J connectivity index is 1.81. The fourth-order valence-corrected chi connectivity index (χ4v) is 3.61. The summed E-state index contributed by atoms with van der Waals surface area (Å²) < 4.78 is 0. The van der Waals surface area contributed by atoms with Gasteiger partial charge in [0.15, 0.2) is 0 Å². The van der Waals surface area contributed by atoms with Gasteiger partial charge >= 0.3 is 5.97 Å². The summed E-state index contributed by atoms with van der Waals surface area (Å²) in [4.78, 5) is 16.2. The molecule has 1 N–H and O–H groups in total. The number of likely N-dealkylation sites (tertiary alicyclic amines) is 2. The topological polar surface area (TPSA) is 43.8 Å². The molecule has 2 heterocycles. The molecule has 0 aromatic carbocycles. The SMILES string of the molecule is CC(C)CN1CCC(N2C[C@@H](C)[C@H](C(=O)O)C2)CC1. The molecule has 4 nitrogen and oxygen atoms in total. The standard InChI is InChI=1S/C15H28N2O2/c1-11(2)8-16-6-4-13(5-7-16)17-9-12(3)14(10-17)15(18)19/h11-14H,4-10H2,1-3H3,(H,18,19)/t12-,14-/m1/s1. The Morgan fingerprint density at radius 1 is 1.26 bits per heavy atom. The number of carboxylic acid groups (broad SMARTS) is 1. The first-order valence-electron chi connectivity index (χ1n) is 7.66. The molecule has 0 bridgehead atoms. The molecule has 2 atom stereocenters. The van der Waals surface area contributed by atoms with E-state index < -0.39 is 5.97 Å². The van der Waals surface area contributed by atoms with Crippen LogP contribution in [0, 0.1) is 17.8 Å². The molecule has 110 valence electrons. The minimum Gasteiger partial charge on any atom is -0.481 e. The van der Waals surface area contributed by atoms with Crippen LogP contribution in [0.15, 0.2) is 0 Å². The van der Waals surface area contributed by atoms with E-state index in [4.69, 9.17) is 0 Å². The number of carbonyl (C=O) groups is 1. The maximum atomic E-state index is 11.2. The van der Waals surface area contributed by atoms with Crippen LogP contribution in [-0.4, -0.2) is 59.6 Å². The summed E-state index contributed by atoms with van der Waals surface area (Å²) in [5.74, 6) is 0.256. The number of nitrogens with zero attached hydrogens (tertiary/aromatic N) is 2. The lowest BCUT2D eigenvalue weighted by molar-refractivity contribution is -0.142. The van der Waals surface area contributed by atoms with E-state index in [1.54, 1.807) is 0 Å². The molecule has 0 radical (unpaired) electrons. The molecule has 2 saturated heterocycles. The molecule has 2 fully saturated rings. The summed E-state index contributed by atoms with van der Waals surface area (Å²) in [7, 11) is 0. The monoisotopic (exact) mass is 268 g/mol. The van der Waals surface area contributed by atoms with Gasteiger partial charge in [0.05, 0.1) is 5.92 Å². The maximum absolute atomic E-state index is 11.2. The molecule has 0 amide bonds. The van der Waals surface area contributed by atoms with Gasteiger partial charge in [0.1, 0.15) is 0 Å². The first-order valence-corrected chi connectivity index (χ1v) is 7.66. The van der Waals surface area contributed by atoms with Crippen molar-refractivity contribution < 1.29 is 9.90 Å². The van der Waals surface area contributed by atoms with E-state index in [-0.39, 0.29) is 5.92 Å². The largest absolute Gasteiger partial charge is 0.481 e. The zero-order valence-corrected chi connectivity index (χ0v) is 12.5. The third-order valence-electron chi connectivity index (χ3n) is 4.65.